The van der Waals surface area contributed by atoms with E-state index in [2.05, 4.69) is 5.32 Å². The van der Waals surface area contributed by atoms with Crippen LogP contribution in [0.15, 0.2) is 18.2 Å². The molecule has 0 radical (unpaired) electrons. The van der Waals surface area contributed by atoms with Crippen molar-refractivity contribution in [1.29, 1.82) is 0 Å². The lowest BCUT2D eigenvalue weighted by atomic mass is 10.2. The van der Waals surface area contributed by atoms with Gasteiger partial charge in [0.25, 0.3) is 0 Å². The van der Waals surface area contributed by atoms with Crippen LogP contribution in [0.1, 0.15) is 6.92 Å². The highest BCUT2D eigenvalue weighted by molar-refractivity contribution is 5.74. The van der Waals surface area contributed by atoms with E-state index in [1.807, 2.05) is 13.0 Å². The zero-order chi connectivity index (χ0) is 16.7. The van der Waals surface area contributed by atoms with Gasteiger partial charge in [-0.2, -0.15) is 0 Å². The van der Waals surface area contributed by atoms with Gasteiger partial charge in [0.2, 0.25) is 5.75 Å². The predicted molar refractivity (Wildman–Crippen MR) is 85.4 cm³/mol. The van der Waals surface area contributed by atoms with E-state index in [1.165, 1.54) is 0 Å². The minimum absolute atomic E-state index is 0.0735. The lowest BCUT2D eigenvalue weighted by Gasteiger charge is -2.32. The second-order valence-corrected chi connectivity index (χ2v) is 5.08. The van der Waals surface area contributed by atoms with Crippen molar-refractivity contribution in [3.8, 4) is 17.2 Å². The summed E-state index contributed by atoms with van der Waals surface area (Å²) in [7, 11) is 3.16. The van der Waals surface area contributed by atoms with Crippen LogP contribution in [-0.2, 0) is 4.74 Å². The molecule has 7 nitrogen and oxygen atoms in total. The fraction of sp³-hybridized carbons (Fsp3) is 0.562. The number of carbonyl (C=O) groups is 1. The summed E-state index contributed by atoms with van der Waals surface area (Å²) in [6.07, 6.45) is -0.194. The first-order valence-electron chi connectivity index (χ1n) is 7.67. The number of para-hydroxylation sites is 1. The standard InChI is InChI=1S/C16H24N2O5/c1-4-17-16(19)18-8-9-22-12(10-18)11-23-15-13(20-2)6-5-7-14(15)21-3/h5-7,12H,4,8-11H2,1-3H3,(H,17,19)/t12-/m0/s1. The Balaban J connectivity index is 1.97. The molecule has 1 aliphatic rings. The molecule has 0 saturated carbocycles. The van der Waals surface area contributed by atoms with Crippen molar-refractivity contribution < 1.29 is 23.7 Å². The van der Waals surface area contributed by atoms with E-state index < -0.39 is 0 Å². The van der Waals surface area contributed by atoms with Gasteiger partial charge in [0.15, 0.2) is 11.5 Å². The number of rotatable bonds is 6. The third-order valence-electron chi connectivity index (χ3n) is 3.55. The molecular formula is C16H24N2O5. The van der Waals surface area contributed by atoms with E-state index in [-0.39, 0.29) is 12.1 Å². The number of nitrogens with zero attached hydrogens (tertiary/aromatic N) is 1. The van der Waals surface area contributed by atoms with Gasteiger partial charge in [0.05, 0.1) is 27.4 Å². The van der Waals surface area contributed by atoms with Crippen LogP contribution in [0.3, 0.4) is 0 Å². The molecule has 7 heteroatoms. The molecule has 0 unspecified atom stereocenters. The van der Waals surface area contributed by atoms with Crippen LogP contribution in [0.25, 0.3) is 0 Å². The summed E-state index contributed by atoms with van der Waals surface area (Å²) in [4.78, 5) is 13.6. The van der Waals surface area contributed by atoms with Gasteiger partial charge in [0.1, 0.15) is 12.7 Å². The quantitative estimate of drug-likeness (QED) is 0.859. The Hall–Kier alpha value is -2.15. The maximum atomic E-state index is 11.9. The lowest BCUT2D eigenvalue weighted by molar-refractivity contribution is -0.0357. The molecule has 2 rings (SSSR count). The Bertz CT molecular complexity index is 501. The van der Waals surface area contributed by atoms with Crippen molar-refractivity contribution in [1.82, 2.24) is 10.2 Å². The number of hydrogen-bond donors (Lipinski definition) is 1. The smallest absolute Gasteiger partial charge is 0.317 e. The molecule has 1 fully saturated rings. The third-order valence-corrected chi connectivity index (χ3v) is 3.55. The normalized spacial score (nSPS) is 17.5. The molecule has 1 saturated heterocycles. The summed E-state index contributed by atoms with van der Waals surface area (Å²) in [5.41, 5.74) is 0. The van der Waals surface area contributed by atoms with Crippen molar-refractivity contribution in [2.24, 2.45) is 0 Å². The Morgan fingerprint density at radius 2 is 2.04 bits per heavy atom. The summed E-state index contributed by atoms with van der Waals surface area (Å²) >= 11 is 0. The maximum absolute atomic E-state index is 11.9. The molecular weight excluding hydrogens is 300 g/mol. The molecule has 1 heterocycles. The number of morpholine rings is 1. The van der Waals surface area contributed by atoms with Gasteiger partial charge < -0.3 is 29.2 Å². The number of benzene rings is 1. The Kier molecular flexibility index (Phi) is 6.34. The average molecular weight is 324 g/mol. The number of hydrogen-bond acceptors (Lipinski definition) is 5. The topological polar surface area (TPSA) is 69.3 Å². The number of urea groups is 1. The highest BCUT2D eigenvalue weighted by Gasteiger charge is 2.25. The number of methoxy groups -OCH3 is 2. The van der Waals surface area contributed by atoms with Gasteiger partial charge in [-0.3, -0.25) is 0 Å². The van der Waals surface area contributed by atoms with Crippen molar-refractivity contribution in [2.45, 2.75) is 13.0 Å². The SMILES string of the molecule is CCNC(=O)N1CCO[C@H](COc2c(OC)cccc2OC)C1. The van der Waals surface area contributed by atoms with Crippen LogP contribution < -0.4 is 19.5 Å². The summed E-state index contributed by atoms with van der Waals surface area (Å²) in [5.74, 6) is 1.73. The molecule has 1 aliphatic heterocycles. The molecule has 0 aliphatic carbocycles. The van der Waals surface area contributed by atoms with Gasteiger partial charge in [-0.15, -0.1) is 0 Å². The van der Waals surface area contributed by atoms with E-state index in [1.54, 1.807) is 31.3 Å². The van der Waals surface area contributed by atoms with Crippen LogP contribution in [0.2, 0.25) is 0 Å². The minimum atomic E-state index is -0.194. The molecule has 1 aromatic carbocycles. The van der Waals surface area contributed by atoms with Crippen LogP contribution >= 0.6 is 0 Å². The molecule has 0 bridgehead atoms. The number of nitrogens with one attached hydrogen (secondary N) is 1. The molecule has 1 atom stereocenters. The molecule has 2 amide bonds. The minimum Gasteiger partial charge on any atom is -0.493 e. The first-order valence-corrected chi connectivity index (χ1v) is 7.67. The van der Waals surface area contributed by atoms with Crippen molar-refractivity contribution in [3.63, 3.8) is 0 Å². The zero-order valence-electron chi connectivity index (χ0n) is 13.8. The van der Waals surface area contributed by atoms with E-state index in [9.17, 15) is 4.79 Å². The van der Waals surface area contributed by atoms with E-state index in [4.69, 9.17) is 18.9 Å². The van der Waals surface area contributed by atoms with Crippen LogP contribution in [0.5, 0.6) is 17.2 Å². The van der Waals surface area contributed by atoms with E-state index in [0.717, 1.165) is 0 Å². The molecule has 23 heavy (non-hydrogen) atoms. The van der Waals surface area contributed by atoms with Gasteiger partial charge in [0, 0.05) is 13.1 Å². The van der Waals surface area contributed by atoms with Gasteiger partial charge in [-0.05, 0) is 19.1 Å². The van der Waals surface area contributed by atoms with E-state index in [0.29, 0.717) is 50.1 Å². The Morgan fingerprint density at radius 3 is 2.65 bits per heavy atom. The van der Waals surface area contributed by atoms with Crippen LogP contribution in [0.4, 0.5) is 4.79 Å². The molecule has 128 valence electrons. The Morgan fingerprint density at radius 1 is 1.35 bits per heavy atom. The first-order chi connectivity index (χ1) is 11.2. The Labute approximate surface area is 136 Å². The summed E-state index contributed by atoms with van der Waals surface area (Å²) in [5, 5.41) is 2.80. The van der Waals surface area contributed by atoms with E-state index >= 15 is 0 Å². The monoisotopic (exact) mass is 324 g/mol. The largest absolute Gasteiger partial charge is 0.493 e. The first kappa shape index (κ1) is 17.2. The fourth-order valence-electron chi connectivity index (χ4n) is 2.40. The van der Waals surface area contributed by atoms with Crippen molar-refractivity contribution >= 4 is 6.03 Å². The third kappa shape index (κ3) is 4.41. The number of ether oxygens (including phenoxy) is 4. The summed E-state index contributed by atoms with van der Waals surface area (Å²) < 4.78 is 22.1. The van der Waals surface area contributed by atoms with Crippen LogP contribution in [0, 0.1) is 0 Å². The van der Waals surface area contributed by atoms with Gasteiger partial charge in [-0.1, -0.05) is 6.07 Å². The second-order valence-electron chi connectivity index (χ2n) is 5.08. The van der Waals surface area contributed by atoms with Crippen molar-refractivity contribution in [3.05, 3.63) is 18.2 Å². The van der Waals surface area contributed by atoms with Crippen LogP contribution in [-0.4, -0.2) is 64.1 Å². The van der Waals surface area contributed by atoms with Gasteiger partial charge >= 0.3 is 6.03 Å². The summed E-state index contributed by atoms with van der Waals surface area (Å²) in [6, 6.07) is 5.37. The fourth-order valence-corrected chi connectivity index (χ4v) is 2.40. The highest BCUT2D eigenvalue weighted by atomic mass is 16.6. The highest BCUT2D eigenvalue weighted by Crippen LogP contribution is 2.36. The molecule has 0 spiro atoms. The molecule has 0 aromatic heterocycles. The average Bonchev–Trinajstić information content (AvgIpc) is 2.60. The zero-order valence-corrected chi connectivity index (χ0v) is 13.8. The number of amides is 2. The van der Waals surface area contributed by atoms with Crippen molar-refractivity contribution in [2.75, 3.05) is 47.1 Å². The van der Waals surface area contributed by atoms with Gasteiger partial charge in [-0.25, -0.2) is 4.79 Å². The second kappa shape index (κ2) is 8.47. The maximum Gasteiger partial charge on any atom is 0.317 e. The number of carbonyl (C=O) groups excluding carboxylic acids is 1. The predicted octanol–water partition coefficient (Wildman–Crippen LogP) is 1.51. The molecule has 1 aromatic rings. The molecule has 1 N–H and O–H groups in total. The lowest BCUT2D eigenvalue weighted by Crippen LogP contribution is -2.51. The summed E-state index contributed by atoms with van der Waals surface area (Å²) in [6.45, 7) is 4.38.